The highest BCUT2D eigenvalue weighted by atomic mass is 32.2. The van der Waals surface area contributed by atoms with Gasteiger partial charge in [-0.05, 0) is 45.6 Å². The van der Waals surface area contributed by atoms with E-state index in [1.807, 2.05) is 30.6 Å². The second kappa shape index (κ2) is 7.39. The summed E-state index contributed by atoms with van der Waals surface area (Å²) in [7, 11) is -3.00. The number of rotatable bonds is 5. The third kappa shape index (κ3) is 3.92. The van der Waals surface area contributed by atoms with E-state index in [0.29, 0.717) is 18.4 Å². The number of ether oxygens (including phenoxy) is 1. The van der Waals surface area contributed by atoms with E-state index in [2.05, 4.69) is 0 Å². The van der Waals surface area contributed by atoms with Crippen molar-refractivity contribution in [2.45, 2.75) is 45.6 Å². The molecule has 0 radical (unpaired) electrons. The molecule has 0 bridgehead atoms. The zero-order valence-electron chi connectivity index (χ0n) is 15.2. The van der Waals surface area contributed by atoms with Crippen molar-refractivity contribution in [3.63, 3.8) is 0 Å². The highest BCUT2D eigenvalue weighted by Crippen LogP contribution is 2.29. The Bertz CT molecular complexity index is 850. The third-order valence-corrected chi connectivity index (χ3v) is 7.06. The van der Waals surface area contributed by atoms with Gasteiger partial charge in [0.05, 0.1) is 17.4 Å². The summed E-state index contributed by atoms with van der Waals surface area (Å²) in [6, 6.07) is 1.64. The molecular weight excluding hydrogens is 354 g/mol. The minimum absolute atomic E-state index is 0.112. The fraction of sp³-hybridized carbons (Fsp3) is 0.579. The molecule has 2 heterocycles. The third-order valence-electron chi connectivity index (χ3n) is 5.31. The molecule has 3 rings (SSSR count). The first-order valence-corrected chi connectivity index (χ1v) is 10.8. The van der Waals surface area contributed by atoms with Gasteiger partial charge in [0.15, 0.2) is 16.4 Å². The molecule has 2 aliphatic rings. The lowest BCUT2D eigenvalue weighted by molar-refractivity contribution is -0.147. The Morgan fingerprint density at radius 1 is 1.23 bits per heavy atom. The molecule has 0 N–H and O–H groups in total. The second-order valence-electron chi connectivity index (χ2n) is 7.22. The van der Waals surface area contributed by atoms with Gasteiger partial charge in [-0.2, -0.15) is 0 Å². The van der Waals surface area contributed by atoms with Gasteiger partial charge in [0.2, 0.25) is 5.78 Å². The standard InChI is InChI=1S/C19H25NO5S/c1-13-10-17(14(2)20(13)16-8-9-26(23,24)12-16)18(21)11-25-19(22)15-6-4-3-5-7-15/h3-4,10,15-16H,5-9,11-12H2,1-2H3/t15-,16-/m1/s1. The molecule has 2 atom stereocenters. The molecule has 1 aromatic heterocycles. The molecule has 7 heteroatoms. The largest absolute Gasteiger partial charge is 0.457 e. The number of nitrogens with zero attached hydrogens (tertiary/aromatic N) is 1. The summed E-state index contributed by atoms with van der Waals surface area (Å²) in [5.41, 5.74) is 2.10. The van der Waals surface area contributed by atoms with Crippen molar-refractivity contribution in [3.8, 4) is 0 Å². The smallest absolute Gasteiger partial charge is 0.309 e. The van der Waals surface area contributed by atoms with Gasteiger partial charge in [0.25, 0.3) is 0 Å². The van der Waals surface area contributed by atoms with Gasteiger partial charge in [0.1, 0.15) is 0 Å². The molecule has 26 heavy (non-hydrogen) atoms. The minimum atomic E-state index is -3.00. The Kier molecular flexibility index (Phi) is 5.37. The van der Waals surface area contributed by atoms with Crippen molar-refractivity contribution < 1.29 is 22.7 Å². The van der Waals surface area contributed by atoms with Crippen LogP contribution in [0.25, 0.3) is 0 Å². The maximum atomic E-state index is 12.5. The number of hydrogen-bond acceptors (Lipinski definition) is 5. The molecule has 1 saturated heterocycles. The predicted molar refractivity (Wildman–Crippen MR) is 98.0 cm³/mol. The van der Waals surface area contributed by atoms with E-state index in [9.17, 15) is 18.0 Å². The number of allylic oxidation sites excluding steroid dienone is 2. The first-order chi connectivity index (χ1) is 12.3. The van der Waals surface area contributed by atoms with Gasteiger partial charge in [-0.1, -0.05) is 12.2 Å². The molecular formula is C19H25NO5S. The average molecular weight is 379 g/mol. The van der Waals surface area contributed by atoms with Crippen molar-refractivity contribution >= 4 is 21.6 Å². The van der Waals surface area contributed by atoms with Crippen LogP contribution in [0.5, 0.6) is 0 Å². The zero-order chi connectivity index (χ0) is 18.9. The monoisotopic (exact) mass is 379 g/mol. The molecule has 1 fully saturated rings. The van der Waals surface area contributed by atoms with Crippen LogP contribution in [0.1, 0.15) is 53.5 Å². The lowest BCUT2D eigenvalue weighted by atomic mass is 9.95. The van der Waals surface area contributed by atoms with Crippen LogP contribution < -0.4 is 0 Å². The minimum Gasteiger partial charge on any atom is -0.457 e. The summed E-state index contributed by atoms with van der Waals surface area (Å²) in [6.45, 7) is 3.42. The molecule has 0 unspecified atom stereocenters. The van der Waals surface area contributed by atoms with Crippen LogP contribution in [0.4, 0.5) is 0 Å². The summed E-state index contributed by atoms with van der Waals surface area (Å²) in [4.78, 5) is 24.6. The van der Waals surface area contributed by atoms with Gasteiger partial charge in [-0.15, -0.1) is 0 Å². The van der Waals surface area contributed by atoms with Gasteiger partial charge >= 0.3 is 5.97 Å². The summed E-state index contributed by atoms with van der Waals surface area (Å²) in [5.74, 6) is -0.431. The first-order valence-electron chi connectivity index (χ1n) is 9.02. The van der Waals surface area contributed by atoms with Crippen molar-refractivity contribution in [2.75, 3.05) is 18.1 Å². The van der Waals surface area contributed by atoms with E-state index in [1.165, 1.54) is 0 Å². The highest BCUT2D eigenvalue weighted by Gasteiger charge is 2.32. The number of sulfone groups is 1. The van der Waals surface area contributed by atoms with Gasteiger partial charge in [-0.3, -0.25) is 9.59 Å². The van der Waals surface area contributed by atoms with E-state index in [4.69, 9.17) is 4.74 Å². The van der Waals surface area contributed by atoms with Crippen LogP contribution >= 0.6 is 0 Å². The fourth-order valence-electron chi connectivity index (χ4n) is 3.94. The van der Waals surface area contributed by atoms with Crippen LogP contribution in [-0.4, -0.2) is 42.9 Å². The number of hydrogen-bond donors (Lipinski definition) is 0. The molecule has 0 aromatic carbocycles. The second-order valence-corrected chi connectivity index (χ2v) is 9.45. The molecule has 1 aromatic rings. The quantitative estimate of drug-likeness (QED) is 0.446. The van der Waals surface area contributed by atoms with Crippen molar-refractivity contribution in [2.24, 2.45) is 5.92 Å². The number of aryl methyl sites for hydroxylation is 1. The van der Waals surface area contributed by atoms with E-state index in [0.717, 1.165) is 24.2 Å². The Labute approximate surface area is 154 Å². The molecule has 0 amide bonds. The van der Waals surface area contributed by atoms with E-state index < -0.39 is 9.84 Å². The molecule has 0 saturated carbocycles. The summed E-state index contributed by atoms with van der Waals surface area (Å²) in [6.07, 6.45) is 6.87. The Morgan fingerprint density at radius 3 is 2.62 bits per heavy atom. The van der Waals surface area contributed by atoms with Gasteiger partial charge < -0.3 is 9.30 Å². The lowest BCUT2D eigenvalue weighted by Gasteiger charge is -2.17. The zero-order valence-corrected chi connectivity index (χ0v) is 16.0. The maximum Gasteiger partial charge on any atom is 0.309 e. The molecule has 1 aliphatic heterocycles. The van der Waals surface area contributed by atoms with Gasteiger partial charge in [0, 0.05) is 23.0 Å². The van der Waals surface area contributed by atoms with Crippen molar-refractivity contribution in [3.05, 3.63) is 35.2 Å². The number of aromatic nitrogens is 1. The molecule has 142 valence electrons. The van der Waals surface area contributed by atoms with Crippen LogP contribution in [0, 0.1) is 19.8 Å². The van der Waals surface area contributed by atoms with Crippen LogP contribution in [0.2, 0.25) is 0 Å². The number of carbonyl (C=O) groups is 2. The van der Waals surface area contributed by atoms with Crippen LogP contribution in [0.15, 0.2) is 18.2 Å². The Hall–Kier alpha value is -1.89. The number of esters is 1. The topological polar surface area (TPSA) is 82.4 Å². The Morgan fingerprint density at radius 2 is 2.00 bits per heavy atom. The number of carbonyl (C=O) groups excluding carboxylic acids is 2. The highest BCUT2D eigenvalue weighted by molar-refractivity contribution is 7.91. The van der Waals surface area contributed by atoms with Crippen LogP contribution in [0.3, 0.4) is 0 Å². The molecule has 6 nitrogen and oxygen atoms in total. The van der Waals surface area contributed by atoms with E-state index in [-0.39, 0.29) is 41.8 Å². The number of ketones is 1. The van der Waals surface area contributed by atoms with Crippen LogP contribution in [-0.2, 0) is 19.4 Å². The summed E-state index contributed by atoms with van der Waals surface area (Å²) >= 11 is 0. The SMILES string of the molecule is Cc1cc(C(=O)COC(=O)[C@@H]2CC=CCC2)c(C)n1[C@@H]1CCS(=O)(=O)C1. The van der Waals surface area contributed by atoms with E-state index in [1.54, 1.807) is 6.07 Å². The van der Waals surface area contributed by atoms with Crippen molar-refractivity contribution in [1.82, 2.24) is 4.57 Å². The lowest BCUT2D eigenvalue weighted by Crippen LogP contribution is -2.22. The molecule has 0 spiro atoms. The predicted octanol–water partition coefficient (Wildman–Crippen LogP) is 2.55. The molecule has 1 aliphatic carbocycles. The van der Waals surface area contributed by atoms with Gasteiger partial charge in [-0.25, -0.2) is 8.42 Å². The van der Waals surface area contributed by atoms with Crippen molar-refractivity contribution in [1.29, 1.82) is 0 Å². The first kappa shape index (κ1) is 18.9. The Balaban J connectivity index is 1.67. The summed E-state index contributed by atoms with van der Waals surface area (Å²) < 4.78 is 30.7. The maximum absolute atomic E-state index is 12.5. The number of Topliss-reactive ketones (excluding diaryl/α,β-unsaturated/α-hetero) is 1. The van der Waals surface area contributed by atoms with E-state index >= 15 is 0 Å². The normalized spacial score (nSPS) is 24.5. The average Bonchev–Trinajstić information content (AvgIpc) is 3.11. The fourth-order valence-corrected chi connectivity index (χ4v) is 5.64. The summed E-state index contributed by atoms with van der Waals surface area (Å²) in [5, 5.41) is 0.